The van der Waals surface area contributed by atoms with Crippen molar-refractivity contribution < 1.29 is 14.4 Å². The second-order valence-electron chi connectivity index (χ2n) is 11.7. The normalized spacial score (nSPS) is 15.7. The molecule has 0 atom stereocenters. The lowest BCUT2D eigenvalue weighted by Gasteiger charge is -2.34. The predicted octanol–water partition coefficient (Wildman–Crippen LogP) is 5.58. The third-order valence-electron chi connectivity index (χ3n) is 8.49. The van der Waals surface area contributed by atoms with E-state index >= 15 is 0 Å². The molecule has 2 aliphatic rings. The average molecular weight is 632 g/mol. The van der Waals surface area contributed by atoms with Gasteiger partial charge in [-0.15, -0.1) is 11.3 Å². The number of anilines is 4. The summed E-state index contributed by atoms with van der Waals surface area (Å²) in [5, 5.41) is 14.4. The van der Waals surface area contributed by atoms with Crippen LogP contribution in [-0.2, 0) is 11.8 Å². The maximum Gasteiger partial charge on any atom is 0.265 e. The largest absolute Gasteiger partial charge is 0.369 e. The standard InChI is InChI=1S/C35H33N7O3S/c1-21-28-19-31(46-35(28)41(3)39-21)34(45)37-25-6-4-5-22(17-25)32(43)23-7-12-27-29(33(44)38-30(27)18-23)20-36-24-8-10-26(11-9-24)42-15-13-40(2)14-16-42/h4-12,17-20,36H,13-16H2,1-3H3,(H,37,45)(H,38,44). The molecule has 5 aromatic rings. The Morgan fingerprint density at radius 2 is 1.67 bits per heavy atom. The van der Waals surface area contributed by atoms with Crippen molar-refractivity contribution in [3.05, 3.63) is 106 Å². The second-order valence-corrected chi connectivity index (χ2v) is 12.7. The van der Waals surface area contributed by atoms with Gasteiger partial charge in [-0.3, -0.25) is 19.1 Å². The number of nitrogens with one attached hydrogen (secondary N) is 3. The Hall–Kier alpha value is -5.26. The van der Waals surface area contributed by atoms with E-state index in [4.69, 9.17) is 0 Å². The molecule has 232 valence electrons. The van der Waals surface area contributed by atoms with E-state index in [1.807, 2.05) is 32.2 Å². The van der Waals surface area contributed by atoms with Crippen LogP contribution in [0.4, 0.5) is 22.7 Å². The lowest BCUT2D eigenvalue weighted by atomic mass is 9.99. The van der Waals surface area contributed by atoms with E-state index in [0.717, 1.165) is 53.3 Å². The van der Waals surface area contributed by atoms with Crippen LogP contribution in [0.2, 0.25) is 0 Å². The molecule has 0 spiro atoms. The van der Waals surface area contributed by atoms with Crippen molar-refractivity contribution in [2.24, 2.45) is 7.05 Å². The van der Waals surface area contributed by atoms with Gasteiger partial charge in [-0.05, 0) is 62.5 Å². The summed E-state index contributed by atoms with van der Waals surface area (Å²) in [5.41, 5.74) is 6.11. The minimum Gasteiger partial charge on any atom is -0.369 e. The van der Waals surface area contributed by atoms with Crippen molar-refractivity contribution >= 4 is 67.5 Å². The summed E-state index contributed by atoms with van der Waals surface area (Å²) in [6.07, 6.45) is 1.70. The second kappa shape index (κ2) is 11.9. The van der Waals surface area contributed by atoms with E-state index in [1.54, 1.807) is 53.3 Å². The Morgan fingerprint density at radius 3 is 2.43 bits per heavy atom. The van der Waals surface area contributed by atoms with Gasteiger partial charge in [0.25, 0.3) is 11.8 Å². The summed E-state index contributed by atoms with van der Waals surface area (Å²) in [7, 11) is 4.00. The Balaban J connectivity index is 1.03. The topological polar surface area (TPSA) is 112 Å². The van der Waals surface area contributed by atoms with Gasteiger partial charge < -0.3 is 25.8 Å². The molecular weight excluding hydrogens is 598 g/mol. The van der Waals surface area contributed by atoms with Crippen LogP contribution in [0.5, 0.6) is 0 Å². The zero-order valence-electron chi connectivity index (χ0n) is 25.8. The maximum atomic E-state index is 13.5. The molecule has 1 saturated heterocycles. The zero-order valence-corrected chi connectivity index (χ0v) is 26.6. The molecule has 3 aromatic carbocycles. The number of carbonyl (C=O) groups is 3. The Morgan fingerprint density at radius 1 is 0.913 bits per heavy atom. The molecule has 0 aliphatic carbocycles. The zero-order chi connectivity index (χ0) is 31.9. The van der Waals surface area contributed by atoms with Crippen molar-refractivity contribution in [3.8, 4) is 0 Å². The maximum absolute atomic E-state index is 13.5. The molecule has 0 radical (unpaired) electrons. The molecule has 7 rings (SSSR count). The predicted molar refractivity (Wildman–Crippen MR) is 184 cm³/mol. The number of fused-ring (bicyclic) bond motifs is 2. The monoisotopic (exact) mass is 631 g/mol. The number of thiophene rings is 1. The number of likely N-dealkylation sites (N-methyl/N-ethyl adjacent to an activating group) is 1. The van der Waals surface area contributed by atoms with Gasteiger partial charge in [0.05, 0.1) is 16.1 Å². The van der Waals surface area contributed by atoms with Crippen LogP contribution in [0.3, 0.4) is 0 Å². The van der Waals surface area contributed by atoms with Crippen molar-refractivity contribution in [2.45, 2.75) is 6.92 Å². The van der Waals surface area contributed by atoms with Crippen molar-refractivity contribution in [3.63, 3.8) is 0 Å². The molecular formula is C35H33N7O3S. The van der Waals surface area contributed by atoms with Gasteiger partial charge in [0, 0.05) is 84.3 Å². The Labute approximate surface area is 270 Å². The van der Waals surface area contributed by atoms with Crippen LogP contribution in [0.1, 0.15) is 36.9 Å². The van der Waals surface area contributed by atoms with Gasteiger partial charge in [-0.25, -0.2) is 0 Å². The number of amides is 2. The van der Waals surface area contributed by atoms with Crippen LogP contribution < -0.4 is 20.9 Å². The third-order valence-corrected chi connectivity index (χ3v) is 9.69. The lowest BCUT2D eigenvalue weighted by Crippen LogP contribution is -2.44. The molecule has 2 aliphatic heterocycles. The lowest BCUT2D eigenvalue weighted by molar-refractivity contribution is -0.110. The van der Waals surface area contributed by atoms with Crippen molar-refractivity contribution in [1.82, 2.24) is 14.7 Å². The number of hydrogen-bond donors (Lipinski definition) is 3. The third kappa shape index (κ3) is 5.66. The summed E-state index contributed by atoms with van der Waals surface area (Å²) in [4.78, 5) is 45.6. The minimum atomic E-state index is -0.246. The summed E-state index contributed by atoms with van der Waals surface area (Å²) in [5.74, 6) is -0.699. The number of nitrogens with zero attached hydrogens (tertiary/aromatic N) is 4. The van der Waals surface area contributed by atoms with Gasteiger partial charge >= 0.3 is 0 Å². The number of benzene rings is 3. The smallest absolute Gasteiger partial charge is 0.265 e. The molecule has 2 amide bonds. The van der Waals surface area contributed by atoms with E-state index in [-0.39, 0.29) is 17.6 Å². The fourth-order valence-electron chi connectivity index (χ4n) is 5.88. The summed E-state index contributed by atoms with van der Waals surface area (Å²) < 4.78 is 1.77. The molecule has 11 heteroatoms. The first-order valence-corrected chi connectivity index (χ1v) is 15.9. The highest BCUT2D eigenvalue weighted by Gasteiger charge is 2.26. The van der Waals surface area contributed by atoms with E-state index in [2.05, 4.69) is 50.0 Å². The number of rotatable bonds is 7. The highest BCUT2D eigenvalue weighted by Crippen LogP contribution is 2.34. The van der Waals surface area contributed by atoms with Crippen LogP contribution in [-0.4, -0.2) is 65.5 Å². The fourth-order valence-corrected chi connectivity index (χ4v) is 6.90. The van der Waals surface area contributed by atoms with E-state index in [9.17, 15) is 14.4 Å². The highest BCUT2D eigenvalue weighted by atomic mass is 32.1. The number of carbonyl (C=O) groups excluding carboxylic acids is 3. The molecule has 1 fully saturated rings. The highest BCUT2D eigenvalue weighted by molar-refractivity contribution is 7.20. The molecule has 3 N–H and O–H groups in total. The first-order chi connectivity index (χ1) is 22.2. The minimum absolute atomic E-state index is 0.215. The first-order valence-electron chi connectivity index (χ1n) is 15.1. The van der Waals surface area contributed by atoms with Gasteiger partial charge in [-0.1, -0.05) is 24.3 Å². The van der Waals surface area contributed by atoms with Crippen molar-refractivity contribution in [2.75, 3.05) is 54.1 Å². The van der Waals surface area contributed by atoms with Crippen LogP contribution in [0.25, 0.3) is 15.8 Å². The van der Waals surface area contributed by atoms with Gasteiger partial charge in [-0.2, -0.15) is 5.10 Å². The van der Waals surface area contributed by atoms with E-state index in [0.29, 0.717) is 33.0 Å². The van der Waals surface area contributed by atoms with Crippen LogP contribution in [0.15, 0.2) is 79.0 Å². The van der Waals surface area contributed by atoms with E-state index in [1.165, 1.54) is 17.0 Å². The van der Waals surface area contributed by atoms with Crippen LogP contribution >= 0.6 is 11.3 Å². The number of aryl methyl sites for hydroxylation is 2. The molecule has 10 nitrogen and oxygen atoms in total. The Bertz CT molecular complexity index is 2000. The molecule has 2 aromatic heterocycles. The quantitative estimate of drug-likeness (QED) is 0.159. The molecule has 0 bridgehead atoms. The van der Waals surface area contributed by atoms with Crippen molar-refractivity contribution in [1.29, 1.82) is 0 Å². The molecule has 0 saturated carbocycles. The molecule has 4 heterocycles. The van der Waals surface area contributed by atoms with Crippen LogP contribution in [0, 0.1) is 6.92 Å². The average Bonchev–Trinajstić information content (AvgIpc) is 3.72. The Kier molecular flexibility index (Phi) is 7.63. The number of ketones is 1. The van der Waals surface area contributed by atoms with E-state index < -0.39 is 0 Å². The van der Waals surface area contributed by atoms with Gasteiger partial charge in [0.2, 0.25) is 0 Å². The van der Waals surface area contributed by atoms with Gasteiger partial charge in [0.1, 0.15) is 4.83 Å². The number of aromatic nitrogens is 2. The summed E-state index contributed by atoms with van der Waals surface area (Å²) in [6.45, 7) is 6.01. The van der Waals surface area contributed by atoms with Gasteiger partial charge in [0.15, 0.2) is 5.78 Å². The number of piperazine rings is 1. The fraction of sp³-hybridized carbons (Fsp3) is 0.200. The summed E-state index contributed by atoms with van der Waals surface area (Å²) in [6, 6.07) is 22.1. The summed E-state index contributed by atoms with van der Waals surface area (Å²) >= 11 is 1.37. The first kappa shape index (κ1) is 29.5. The molecule has 0 unspecified atom stereocenters. The number of hydrogen-bond acceptors (Lipinski definition) is 8. The molecule has 46 heavy (non-hydrogen) atoms. The SMILES string of the molecule is Cc1nn(C)c2sc(C(=O)Nc3cccc(C(=O)c4ccc5c(c4)NC(=O)C5=CNc4ccc(N5CCN(C)CC5)cc4)c3)cc12.